The van der Waals surface area contributed by atoms with E-state index in [0.29, 0.717) is 22.4 Å². The number of carbonyl (C=O) groups excluding carboxylic acids is 1. The molecule has 0 radical (unpaired) electrons. The van der Waals surface area contributed by atoms with E-state index in [-0.39, 0.29) is 5.56 Å². The number of fused-ring (bicyclic) bond motifs is 1. The number of aryl methyl sites for hydroxylation is 1. The third kappa shape index (κ3) is 2.77. The summed E-state index contributed by atoms with van der Waals surface area (Å²) >= 11 is 3.33. The molecule has 4 nitrogen and oxygen atoms in total. The van der Waals surface area contributed by atoms with E-state index in [2.05, 4.69) is 15.9 Å². The van der Waals surface area contributed by atoms with Gasteiger partial charge in [-0.2, -0.15) is 0 Å². The van der Waals surface area contributed by atoms with Crippen molar-refractivity contribution in [3.8, 4) is 0 Å². The lowest BCUT2D eigenvalue weighted by molar-refractivity contribution is 0.0687. The number of ether oxygens (including phenoxy) is 1. The molecular weight excluding hydrogens is 367 g/mol. The van der Waals surface area contributed by atoms with E-state index in [4.69, 9.17) is 9.84 Å². The highest BCUT2D eigenvalue weighted by atomic mass is 79.9. The van der Waals surface area contributed by atoms with E-state index in [1.165, 1.54) is 25.1 Å². The molecule has 0 bridgehead atoms. The summed E-state index contributed by atoms with van der Waals surface area (Å²) in [6.07, 6.45) is 1.52. The van der Waals surface area contributed by atoms with Crippen LogP contribution in [0.15, 0.2) is 34.8 Å². The van der Waals surface area contributed by atoms with E-state index >= 15 is 0 Å². The molecular formula is C17H10BrFO4. The van der Waals surface area contributed by atoms with Gasteiger partial charge in [0.15, 0.2) is 0 Å². The molecule has 0 aromatic heterocycles. The molecule has 2 aromatic carbocycles. The van der Waals surface area contributed by atoms with Gasteiger partial charge in [-0.15, -0.1) is 0 Å². The normalized spacial score (nSPS) is 14.7. The second-order valence-electron chi connectivity index (χ2n) is 5.09. The van der Waals surface area contributed by atoms with Gasteiger partial charge in [-0.1, -0.05) is 15.9 Å². The molecule has 1 aliphatic rings. The fourth-order valence-electron chi connectivity index (χ4n) is 2.40. The van der Waals surface area contributed by atoms with Crippen LogP contribution in [0, 0.1) is 12.7 Å². The molecule has 1 heterocycles. The van der Waals surface area contributed by atoms with Crippen LogP contribution >= 0.6 is 15.9 Å². The van der Waals surface area contributed by atoms with Gasteiger partial charge in [0.1, 0.15) is 11.6 Å². The van der Waals surface area contributed by atoms with Crippen LogP contribution in [0.4, 0.5) is 4.39 Å². The molecule has 0 fully saturated rings. The first-order valence-electron chi connectivity index (χ1n) is 6.64. The van der Waals surface area contributed by atoms with Crippen LogP contribution in [0.1, 0.15) is 37.4 Å². The highest BCUT2D eigenvalue weighted by molar-refractivity contribution is 9.10. The zero-order valence-corrected chi connectivity index (χ0v) is 13.5. The van der Waals surface area contributed by atoms with Crippen molar-refractivity contribution in [2.45, 2.75) is 6.92 Å². The summed E-state index contributed by atoms with van der Waals surface area (Å²) in [5, 5.41) is 9.06. The Hall–Kier alpha value is -2.47. The molecule has 1 N–H and O–H groups in total. The van der Waals surface area contributed by atoms with Crippen LogP contribution in [0.3, 0.4) is 0 Å². The number of carbonyl (C=O) groups is 2. The van der Waals surface area contributed by atoms with Crippen molar-refractivity contribution in [1.82, 2.24) is 0 Å². The monoisotopic (exact) mass is 376 g/mol. The molecule has 0 unspecified atom stereocenters. The van der Waals surface area contributed by atoms with Gasteiger partial charge < -0.3 is 9.84 Å². The van der Waals surface area contributed by atoms with Gasteiger partial charge in [-0.05, 0) is 54.5 Å². The zero-order valence-electron chi connectivity index (χ0n) is 11.9. The van der Waals surface area contributed by atoms with Gasteiger partial charge in [0, 0.05) is 10.0 Å². The summed E-state index contributed by atoms with van der Waals surface area (Å²) in [6.45, 7) is 1.48. The van der Waals surface area contributed by atoms with Gasteiger partial charge >= 0.3 is 11.9 Å². The first-order chi connectivity index (χ1) is 10.9. The molecule has 0 spiro atoms. The lowest BCUT2D eigenvalue weighted by Gasteiger charge is -2.05. The predicted molar refractivity (Wildman–Crippen MR) is 85.5 cm³/mol. The molecule has 0 saturated carbocycles. The number of cyclic esters (lactones) is 1. The molecule has 0 aliphatic carbocycles. The van der Waals surface area contributed by atoms with Crippen LogP contribution < -0.4 is 0 Å². The second kappa shape index (κ2) is 5.62. The quantitative estimate of drug-likeness (QED) is 0.795. The number of carboxylic acid groups (broad SMARTS) is 1. The average molecular weight is 377 g/mol. The van der Waals surface area contributed by atoms with Crippen molar-refractivity contribution in [3.63, 3.8) is 0 Å². The molecule has 0 saturated heterocycles. The van der Waals surface area contributed by atoms with Crippen molar-refractivity contribution in [3.05, 3.63) is 68.4 Å². The number of carboxylic acids is 1. The number of hydrogen-bond donors (Lipinski definition) is 1. The number of esters is 1. The van der Waals surface area contributed by atoms with E-state index < -0.39 is 23.3 Å². The fraction of sp³-hybridized carbons (Fsp3) is 0.0588. The first kappa shape index (κ1) is 15.4. The lowest BCUT2D eigenvalue weighted by Crippen LogP contribution is -2.03. The predicted octanol–water partition coefficient (Wildman–Crippen LogP) is 4.26. The summed E-state index contributed by atoms with van der Waals surface area (Å²) in [5.74, 6) is -2.30. The number of aromatic carboxylic acids is 1. The van der Waals surface area contributed by atoms with Gasteiger partial charge in [-0.25, -0.2) is 14.0 Å². The van der Waals surface area contributed by atoms with Gasteiger partial charge in [0.2, 0.25) is 0 Å². The maximum Gasteiger partial charge on any atom is 0.344 e. The van der Waals surface area contributed by atoms with E-state index in [0.717, 1.165) is 4.47 Å². The van der Waals surface area contributed by atoms with Gasteiger partial charge in [0.05, 0.1) is 11.1 Å². The Kier molecular flexibility index (Phi) is 3.77. The standard InChI is InChI=1S/C17H10BrFO4/c1-8-4-9(5-13(15(8)19)16(20)21)6-14-12-7-10(18)2-3-11(12)17(22)23-14/h2-7H,1H3,(H,20,21). The molecule has 2 aromatic rings. The molecule has 0 atom stereocenters. The van der Waals surface area contributed by atoms with Crippen molar-refractivity contribution in [2.24, 2.45) is 0 Å². The average Bonchev–Trinajstić information content (AvgIpc) is 2.78. The number of benzene rings is 2. The Morgan fingerprint density at radius 3 is 2.70 bits per heavy atom. The number of rotatable bonds is 2. The third-order valence-electron chi connectivity index (χ3n) is 3.47. The van der Waals surface area contributed by atoms with Crippen molar-refractivity contribution < 1.29 is 23.8 Å². The first-order valence-corrected chi connectivity index (χ1v) is 7.43. The Labute approximate surface area is 139 Å². The highest BCUT2D eigenvalue weighted by Gasteiger charge is 2.26. The van der Waals surface area contributed by atoms with Gasteiger partial charge in [0.25, 0.3) is 0 Å². The summed E-state index contributed by atoms with van der Waals surface area (Å²) in [5.41, 5.74) is 1.25. The molecule has 1 aliphatic heterocycles. The van der Waals surface area contributed by atoms with Crippen LogP contribution in [-0.2, 0) is 4.74 Å². The minimum absolute atomic E-state index is 0.204. The SMILES string of the molecule is Cc1cc(C=C2OC(=O)c3ccc(Br)cc32)cc(C(=O)O)c1F. The van der Waals surface area contributed by atoms with Crippen LogP contribution in [-0.4, -0.2) is 17.0 Å². The Balaban J connectivity index is 2.13. The molecule has 116 valence electrons. The smallest absolute Gasteiger partial charge is 0.344 e. The van der Waals surface area contributed by atoms with Crippen LogP contribution in [0.25, 0.3) is 11.8 Å². The minimum Gasteiger partial charge on any atom is -0.478 e. The fourth-order valence-corrected chi connectivity index (χ4v) is 2.76. The molecule has 3 rings (SSSR count). The van der Waals surface area contributed by atoms with Gasteiger partial charge in [-0.3, -0.25) is 0 Å². The van der Waals surface area contributed by atoms with Crippen LogP contribution in [0.2, 0.25) is 0 Å². The van der Waals surface area contributed by atoms with Crippen molar-refractivity contribution in [2.75, 3.05) is 0 Å². The van der Waals surface area contributed by atoms with E-state index in [1.807, 2.05) is 0 Å². The Morgan fingerprint density at radius 2 is 2.00 bits per heavy atom. The molecule has 6 heteroatoms. The lowest BCUT2D eigenvalue weighted by atomic mass is 10.0. The summed E-state index contributed by atoms with van der Waals surface area (Å²) < 4.78 is 19.8. The second-order valence-corrected chi connectivity index (χ2v) is 6.01. The van der Waals surface area contributed by atoms with Crippen LogP contribution in [0.5, 0.6) is 0 Å². The largest absolute Gasteiger partial charge is 0.478 e. The summed E-state index contributed by atoms with van der Waals surface area (Å²) in [4.78, 5) is 22.9. The Bertz CT molecular complexity index is 886. The molecule has 23 heavy (non-hydrogen) atoms. The minimum atomic E-state index is -1.35. The topological polar surface area (TPSA) is 63.6 Å². The number of hydrogen-bond acceptors (Lipinski definition) is 3. The maximum absolute atomic E-state index is 13.8. The van der Waals surface area contributed by atoms with Crippen molar-refractivity contribution >= 4 is 39.7 Å². The maximum atomic E-state index is 13.8. The molecule has 0 amide bonds. The van der Waals surface area contributed by atoms with E-state index in [9.17, 15) is 14.0 Å². The zero-order chi connectivity index (χ0) is 16.7. The summed E-state index contributed by atoms with van der Waals surface area (Å²) in [7, 11) is 0. The third-order valence-corrected chi connectivity index (χ3v) is 3.97. The number of halogens is 2. The Morgan fingerprint density at radius 1 is 1.26 bits per heavy atom. The van der Waals surface area contributed by atoms with Crippen molar-refractivity contribution in [1.29, 1.82) is 0 Å². The summed E-state index contributed by atoms with van der Waals surface area (Å²) in [6, 6.07) is 7.81. The highest BCUT2D eigenvalue weighted by Crippen LogP contribution is 2.33. The van der Waals surface area contributed by atoms with E-state index in [1.54, 1.807) is 18.2 Å².